The molecule has 1 N–H and O–H groups in total. The van der Waals surface area contributed by atoms with E-state index < -0.39 is 31.5 Å². The largest absolute Gasteiger partial charge is 0.493 e. The van der Waals surface area contributed by atoms with Crippen LogP contribution in [0.1, 0.15) is 15.9 Å². The third-order valence-corrected chi connectivity index (χ3v) is 6.98. The van der Waals surface area contributed by atoms with Gasteiger partial charge >= 0.3 is 10.1 Å². The number of hydrogen-bond acceptors (Lipinski definition) is 8. The van der Waals surface area contributed by atoms with Gasteiger partial charge in [-0.1, -0.05) is 18.2 Å². The number of methoxy groups -OCH3 is 1. The molecule has 1 aromatic heterocycles. The molecule has 1 amide bonds. The van der Waals surface area contributed by atoms with Crippen LogP contribution in [0, 0.1) is 10.1 Å². The molecule has 0 fully saturated rings. The van der Waals surface area contributed by atoms with Crippen molar-refractivity contribution in [3.63, 3.8) is 0 Å². The summed E-state index contributed by atoms with van der Waals surface area (Å²) in [5, 5.41) is 15.0. The Morgan fingerprint density at radius 2 is 1.82 bits per heavy atom. The van der Waals surface area contributed by atoms with Crippen molar-refractivity contribution in [2.24, 2.45) is 5.10 Å². The number of carbonyl (C=O) groups excluding carboxylic acids is 1. The molecule has 3 aromatic carbocycles. The number of hydrogen-bond donors (Lipinski definition) is 1. The summed E-state index contributed by atoms with van der Waals surface area (Å²) in [5.41, 5.74) is 3.62. The topological polar surface area (TPSA) is 142 Å². The smallest absolute Gasteiger partial charge is 0.339 e. The number of nitrogens with zero attached hydrogens (tertiary/aromatic N) is 3. The second-order valence-corrected chi connectivity index (χ2v) is 10.0. The molecular formula is C25H19BrN4O7S. The number of nitrogens with one attached hydrogen (secondary N) is 1. The van der Waals surface area contributed by atoms with Crippen LogP contribution in [0.3, 0.4) is 0 Å². The van der Waals surface area contributed by atoms with Crippen molar-refractivity contribution in [3.8, 4) is 17.2 Å². The monoisotopic (exact) mass is 598 g/mol. The molecule has 0 atom stereocenters. The van der Waals surface area contributed by atoms with Crippen molar-refractivity contribution in [3.05, 3.63) is 111 Å². The minimum Gasteiger partial charge on any atom is -0.493 e. The first-order chi connectivity index (χ1) is 18.2. The Labute approximate surface area is 225 Å². The van der Waals surface area contributed by atoms with E-state index in [4.69, 9.17) is 8.92 Å². The van der Waals surface area contributed by atoms with Gasteiger partial charge in [-0.05, 0) is 64.0 Å². The van der Waals surface area contributed by atoms with E-state index in [9.17, 15) is 23.3 Å². The van der Waals surface area contributed by atoms with Crippen LogP contribution in [0.15, 0.2) is 99.7 Å². The average Bonchev–Trinajstić information content (AvgIpc) is 3.45. The Balaban J connectivity index is 1.54. The summed E-state index contributed by atoms with van der Waals surface area (Å²) in [7, 11) is -3.11. The van der Waals surface area contributed by atoms with Crippen molar-refractivity contribution in [2.45, 2.75) is 4.90 Å². The van der Waals surface area contributed by atoms with E-state index >= 15 is 0 Å². The Bertz CT molecular complexity index is 1640. The van der Waals surface area contributed by atoms with Crippen molar-refractivity contribution in [1.82, 2.24) is 9.99 Å². The number of carbonyl (C=O) groups is 1. The first-order valence-electron chi connectivity index (χ1n) is 10.8. The van der Waals surface area contributed by atoms with Gasteiger partial charge in [0.05, 0.1) is 34.0 Å². The highest BCUT2D eigenvalue weighted by Gasteiger charge is 2.24. The number of hydrazone groups is 1. The zero-order valence-corrected chi connectivity index (χ0v) is 22.0. The molecule has 11 nitrogen and oxygen atoms in total. The number of ether oxygens (including phenoxy) is 1. The number of non-ortho nitro benzene ring substituents is 1. The minimum atomic E-state index is -4.43. The van der Waals surface area contributed by atoms with Gasteiger partial charge < -0.3 is 13.5 Å². The van der Waals surface area contributed by atoms with Crippen molar-refractivity contribution in [2.75, 3.05) is 7.11 Å². The molecule has 4 rings (SSSR count). The van der Waals surface area contributed by atoms with Gasteiger partial charge in [0.15, 0.2) is 11.5 Å². The normalized spacial score (nSPS) is 11.3. The van der Waals surface area contributed by atoms with Crippen LogP contribution < -0.4 is 14.3 Å². The van der Waals surface area contributed by atoms with Gasteiger partial charge in [0.2, 0.25) is 0 Å². The standard InChI is InChI=1S/C25H19BrN4O7S/c1-36-23-14-17(16-27-28-25(31)20-9-2-3-10-22(20)29-11-4-5-12-29)13-21(26)24(23)37-38(34,35)19-8-6-7-18(15-19)30(32)33/h2-16H,1H3,(H,28,31)/b27-16-. The van der Waals surface area contributed by atoms with Crippen LogP contribution in [0.2, 0.25) is 0 Å². The van der Waals surface area contributed by atoms with Crippen molar-refractivity contribution >= 4 is 43.9 Å². The van der Waals surface area contributed by atoms with E-state index in [0.29, 0.717) is 16.8 Å². The number of benzene rings is 3. The van der Waals surface area contributed by atoms with E-state index in [2.05, 4.69) is 26.5 Å². The zero-order valence-electron chi connectivity index (χ0n) is 19.6. The van der Waals surface area contributed by atoms with Gasteiger partial charge in [-0.2, -0.15) is 13.5 Å². The lowest BCUT2D eigenvalue weighted by molar-refractivity contribution is -0.385. The maximum absolute atomic E-state index is 12.8. The highest BCUT2D eigenvalue weighted by molar-refractivity contribution is 9.10. The van der Waals surface area contributed by atoms with Gasteiger partial charge in [0.25, 0.3) is 11.6 Å². The molecule has 0 aliphatic rings. The second-order valence-electron chi connectivity index (χ2n) is 7.63. The molecule has 0 bridgehead atoms. The van der Waals surface area contributed by atoms with Crippen LogP contribution in [0.5, 0.6) is 11.5 Å². The molecule has 1 heterocycles. The quantitative estimate of drug-likeness (QED) is 0.127. The lowest BCUT2D eigenvalue weighted by atomic mass is 10.1. The number of nitro groups is 1. The number of amides is 1. The fourth-order valence-corrected chi connectivity index (χ4v) is 5.06. The number of nitro benzene ring substituents is 1. The van der Waals surface area contributed by atoms with Crippen LogP contribution in [0.4, 0.5) is 5.69 Å². The molecule has 4 aromatic rings. The molecule has 0 spiro atoms. The third-order valence-electron chi connectivity index (χ3n) is 5.17. The summed E-state index contributed by atoms with van der Waals surface area (Å²) in [6.07, 6.45) is 4.99. The van der Waals surface area contributed by atoms with Gasteiger partial charge in [0.1, 0.15) is 4.90 Å². The molecule has 38 heavy (non-hydrogen) atoms. The van der Waals surface area contributed by atoms with Gasteiger partial charge in [0, 0.05) is 24.5 Å². The van der Waals surface area contributed by atoms with Crippen LogP contribution in [-0.2, 0) is 10.1 Å². The zero-order chi connectivity index (χ0) is 27.3. The first kappa shape index (κ1) is 26.6. The highest BCUT2D eigenvalue weighted by Crippen LogP contribution is 2.38. The average molecular weight is 599 g/mol. The fraction of sp³-hybridized carbons (Fsp3) is 0.0400. The Morgan fingerprint density at radius 1 is 1.08 bits per heavy atom. The minimum absolute atomic E-state index is 0.0408. The van der Waals surface area contributed by atoms with Crippen LogP contribution in [-0.4, -0.2) is 37.1 Å². The number of para-hydroxylation sites is 1. The fourth-order valence-electron chi connectivity index (χ4n) is 3.42. The molecule has 0 aliphatic heterocycles. The van der Waals surface area contributed by atoms with Gasteiger partial charge in [-0.3, -0.25) is 14.9 Å². The molecule has 0 saturated carbocycles. The Hall–Kier alpha value is -4.49. The summed E-state index contributed by atoms with van der Waals surface area (Å²) in [5.74, 6) is -0.556. The lowest BCUT2D eigenvalue weighted by Gasteiger charge is -2.13. The molecule has 0 radical (unpaired) electrons. The highest BCUT2D eigenvalue weighted by atomic mass is 79.9. The van der Waals surface area contributed by atoms with E-state index in [-0.39, 0.29) is 16.0 Å². The maximum Gasteiger partial charge on any atom is 0.339 e. The first-order valence-corrected chi connectivity index (χ1v) is 13.0. The predicted octanol–water partition coefficient (Wildman–Crippen LogP) is 4.69. The molecule has 13 heteroatoms. The predicted molar refractivity (Wildman–Crippen MR) is 142 cm³/mol. The molecular weight excluding hydrogens is 580 g/mol. The second kappa shape index (κ2) is 11.3. The summed E-state index contributed by atoms with van der Waals surface area (Å²) < 4.78 is 38.1. The Morgan fingerprint density at radius 3 is 2.53 bits per heavy atom. The molecule has 0 saturated heterocycles. The third kappa shape index (κ3) is 5.90. The Kier molecular flexibility index (Phi) is 7.88. The molecule has 0 unspecified atom stereocenters. The number of rotatable bonds is 9. The summed E-state index contributed by atoms with van der Waals surface area (Å²) in [4.78, 5) is 22.7. The SMILES string of the molecule is COc1cc(/C=N\NC(=O)c2ccccc2-n2cccc2)cc(Br)c1OS(=O)(=O)c1cccc([N+](=O)[O-])c1. The number of aromatic nitrogens is 1. The molecule has 0 aliphatic carbocycles. The summed E-state index contributed by atoms with van der Waals surface area (Å²) in [6, 6.07) is 18.2. The number of halogens is 1. The van der Waals surface area contributed by atoms with E-state index in [1.54, 1.807) is 22.8 Å². The van der Waals surface area contributed by atoms with E-state index in [1.807, 2.05) is 30.6 Å². The van der Waals surface area contributed by atoms with Crippen LogP contribution >= 0.6 is 15.9 Å². The van der Waals surface area contributed by atoms with Gasteiger partial charge in [-0.15, -0.1) is 0 Å². The van der Waals surface area contributed by atoms with Gasteiger partial charge in [-0.25, -0.2) is 5.43 Å². The van der Waals surface area contributed by atoms with E-state index in [0.717, 1.165) is 6.07 Å². The lowest BCUT2D eigenvalue weighted by Crippen LogP contribution is -2.19. The van der Waals surface area contributed by atoms with Crippen molar-refractivity contribution in [1.29, 1.82) is 0 Å². The summed E-state index contributed by atoms with van der Waals surface area (Å²) >= 11 is 3.26. The maximum atomic E-state index is 12.8. The van der Waals surface area contributed by atoms with Crippen LogP contribution in [0.25, 0.3) is 5.69 Å². The summed E-state index contributed by atoms with van der Waals surface area (Å²) in [6.45, 7) is 0. The van der Waals surface area contributed by atoms with E-state index in [1.165, 1.54) is 43.7 Å². The van der Waals surface area contributed by atoms with Crippen molar-refractivity contribution < 1.29 is 27.1 Å². The molecule has 194 valence electrons.